The minimum absolute atomic E-state index is 0.0616. The molecule has 4 nitrogen and oxygen atoms in total. The molecule has 1 amide bonds. The van der Waals surface area contributed by atoms with Gasteiger partial charge in [0, 0.05) is 13.1 Å². The molecule has 0 saturated carbocycles. The maximum Gasteiger partial charge on any atom is 0.239 e. The van der Waals surface area contributed by atoms with Gasteiger partial charge in [0.25, 0.3) is 0 Å². The Kier molecular flexibility index (Phi) is 4.30. The summed E-state index contributed by atoms with van der Waals surface area (Å²) in [7, 11) is 1.66. The van der Waals surface area contributed by atoms with E-state index in [-0.39, 0.29) is 11.9 Å². The monoisotopic (exact) mass is 169 g/mol. The molecular formula is C8H15N3O. The van der Waals surface area contributed by atoms with Gasteiger partial charge in [-0.05, 0) is 13.8 Å². The van der Waals surface area contributed by atoms with Gasteiger partial charge in [-0.2, -0.15) is 5.26 Å². The lowest BCUT2D eigenvalue weighted by Gasteiger charge is -2.24. The van der Waals surface area contributed by atoms with Crippen molar-refractivity contribution in [2.45, 2.75) is 32.4 Å². The van der Waals surface area contributed by atoms with E-state index in [0.29, 0.717) is 6.42 Å². The fourth-order valence-corrected chi connectivity index (χ4v) is 0.807. The van der Waals surface area contributed by atoms with Crippen molar-refractivity contribution in [1.29, 1.82) is 5.26 Å². The predicted molar refractivity (Wildman–Crippen MR) is 46.1 cm³/mol. The second-order valence-electron chi connectivity index (χ2n) is 2.95. The fourth-order valence-electron chi connectivity index (χ4n) is 0.807. The van der Waals surface area contributed by atoms with Crippen LogP contribution >= 0.6 is 0 Å². The molecule has 0 radical (unpaired) electrons. The van der Waals surface area contributed by atoms with Crippen LogP contribution in [0.1, 0.15) is 20.3 Å². The Bertz CT molecular complexity index is 195. The lowest BCUT2D eigenvalue weighted by molar-refractivity contribution is -0.132. The maximum absolute atomic E-state index is 11.3. The maximum atomic E-state index is 11.3. The number of amides is 1. The number of likely N-dealkylation sites (N-methyl/N-ethyl adjacent to an activating group) is 1. The Labute approximate surface area is 72.9 Å². The summed E-state index contributed by atoms with van der Waals surface area (Å²) in [5.41, 5.74) is 5.40. The zero-order chi connectivity index (χ0) is 9.72. The first-order valence-corrected chi connectivity index (χ1v) is 3.90. The summed E-state index contributed by atoms with van der Waals surface area (Å²) in [4.78, 5) is 12.8. The summed E-state index contributed by atoms with van der Waals surface area (Å²) in [6.45, 7) is 3.46. The van der Waals surface area contributed by atoms with Gasteiger partial charge >= 0.3 is 0 Å². The van der Waals surface area contributed by atoms with Gasteiger partial charge < -0.3 is 10.6 Å². The molecule has 0 aromatic heterocycles. The number of hydrogen-bond donors (Lipinski definition) is 1. The Morgan fingerprint density at radius 3 is 2.50 bits per heavy atom. The van der Waals surface area contributed by atoms with Crippen LogP contribution in [0.5, 0.6) is 0 Å². The van der Waals surface area contributed by atoms with Crippen LogP contribution in [-0.4, -0.2) is 29.9 Å². The van der Waals surface area contributed by atoms with E-state index in [1.807, 2.05) is 13.0 Å². The molecule has 0 bridgehead atoms. The molecule has 0 aliphatic rings. The number of rotatable bonds is 3. The van der Waals surface area contributed by atoms with E-state index in [0.717, 1.165) is 0 Å². The summed E-state index contributed by atoms with van der Waals surface area (Å²) < 4.78 is 0. The quantitative estimate of drug-likeness (QED) is 0.651. The van der Waals surface area contributed by atoms with Crippen molar-refractivity contribution in [2.75, 3.05) is 7.05 Å². The number of nitriles is 1. The van der Waals surface area contributed by atoms with Crippen LogP contribution in [0.25, 0.3) is 0 Å². The Morgan fingerprint density at radius 2 is 2.17 bits per heavy atom. The van der Waals surface area contributed by atoms with Gasteiger partial charge in [0.2, 0.25) is 5.91 Å². The lowest BCUT2D eigenvalue weighted by atomic mass is 10.2. The number of carbonyl (C=O) groups excluding carboxylic acids is 1. The van der Waals surface area contributed by atoms with E-state index in [4.69, 9.17) is 11.0 Å². The Hall–Kier alpha value is -1.08. The van der Waals surface area contributed by atoms with E-state index < -0.39 is 6.04 Å². The van der Waals surface area contributed by atoms with Crippen molar-refractivity contribution in [3.63, 3.8) is 0 Å². The molecule has 0 fully saturated rings. The molecule has 2 atom stereocenters. The average molecular weight is 169 g/mol. The van der Waals surface area contributed by atoms with E-state index in [1.165, 1.54) is 4.90 Å². The summed E-state index contributed by atoms with van der Waals surface area (Å²) in [6.07, 6.45) is 0.342. The Morgan fingerprint density at radius 1 is 1.67 bits per heavy atom. The highest BCUT2D eigenvalue weighted by Gasteiger charge is 2.17. The van der Waals surface area contributed by atoms with Crippen molar-refractivity contribution in [3.8, 4) is 6.07 Å². The average Bonchev–Trinajstić information content (AvgIpc) is 2.02. The van der Waals surface area contributed by atoms with Gasteiger partial charge in [-0.25, -0.2) is 0 Å². The van der Waals surface area contributed by atoms with Crippen molar-refractivity contribution >= 4 is 5.91 Å². The highest BCUT2D eigenvalue weighted by atomic mass is 16.2. The van der Waals surface area contributed by atoms with Crippen LogP contribution in [-0.2, 0) is 4.79 Å². The van der Waals surface area contributed by atoms with E-state index >= 15 is 0 Å². The smallest absolute Gasteiger partial charge is 0.239 e. The zero-order valence-corrected chi connectivity index (χ0v) is 7.74. The molecule has 0 spiro atoms. The van der Waals surface area contributed by atoms with Crippen LogP contribution in [0.4, 0.5) is 0 Å². The van der Waals surface area contributed by atoms with Gasteiger partial charge in [-0.1, -0.05) is 0 Å². The number of carbonyl (C=O) groups is 1. The minimum atomic E-state index is -0.490. The molecule has 4 heteroatoms. The van der Waals surface area contributed by atoms with Crippen LogP contribution in [0.3, 0.4) is 0 Å². The second-order valence-corrected chi connectivity index (χ2v) is 2.95. The molecule has 68 valence electrons. The molecule has 0 aromatic rings. The summed E-state index contributed by atoms with van der Waals surface area (Å²) in [5, 5.41) is 8.39. The van der Waals surface area contributed by atoms with Crippen LogP contribution in [0.15, 0.2) is 0 Å². The first kappa shape index (κ1) is 10.9. The first-order valence-electron chi connectivity index (χ1n) is 3.90. The molecule has 0 aliphatic heterocycles. The van der Waals surface area contributed by atoms with Crippen LogP contribution in [0.2, 0.25) is 0 Å². The summed E-state index contributed by atoms with van der Waals surface area (Å²) in [6, 6.07) is 1.46. The zero-order valence-electron chi connectivity index (χ0n) is 7.74. The number of hydrogen-bond acceptors (Lipinski definition) is 3. The highest BCUT2D eigenvalue weighted by Crippen LogP contribution is 2.01. The first-order chi connectivity index (χ1) is 5.50. The molecule has 12 heavy (non-hydrogen) atoms. The fraction of sp³-hybridized carbons (Fsp3) is 0.750. The van der Waals surface area contributed by atoms with Crippen LogP contribution in [0, 0.1) is 11.3 Å². The highest BCUT2D eigenvalue weighted by molar-refractivity contribution is 5.81. The molecule has 0 heterocycles. The van der Waals surface area contributed by atoms with Gasteiger partial charge in [-0.3, -0.25) is 4.79 Å². The third-order valence-corrected chi connectivity index (χ3v) is 1.79. The normalized spacial score (nSPS) is 14.6. The van der Waals surface area contributed by atoms with E-state index in [9.17, 15) is 4.79 Å². The van der Waals surface area contributed by atoms with E-state index in [2.05, 4.69) is 0 Å². The van der Waals surface area contributed by atoms with Crippen molar-refractivity contribution < 1.29 is 4.79 Å². The second kappa shape index (κ2) is 4.73. The van der Waals surface area contributed by atoms with Gasteiger partial charge in [-0.15, -0.1) is 0 Å². The summed E-state index contributed by atoms with van der Waals surface area (Å²) >= 11 is 0. The van der Waals surface area contributed by atoms with Crippen molar-refractivity contribution in [1.82, 2.24) is 4.90 Å². The molecule has 0 rings (SSSR count). The van der Waals surface area contributed by atoms with Gasteiger partial charge in [0.05, 0.1) is 18.5 Å². The van der Waals surface area contributed by atoms with Crippen LogP contribution < -0.4 is 5.73 Å². The third-order valence-electron chi connectivity index (χ3n) is 1.79. The topological polar surface area (TPSA) is 70.1 Å². The van der Waals surface area contributed by atoms with Gasteiger partial charge in [0.1, 0.15) is 0 Å². The summed E-state index contributed by atoms with van der Waals surface area (Å²) in [5.74, 6) is -0.127. The molecular weight excluding hydrogens is 154 g/mol. The predicted octanol–water partition coefficient (Wildman–Crippen LogP) is 0.0942. The van der Waals surface area contributed by atoms with E-state index in [1.54, 1.807) is 14.0 Å². The Balaban J connectivity index is 4.11. The number of nitrogens with zero attached hydrogens (tertiary/aromatic N) is 2. The van der Waals surface area contributed by atoms with Gasteiger partial charge in [0.15, 0.2) is 0 Å². The minimum Gasteiger partial charge on any atom is -0.341 e. The molecule has 2 N–H and O–H groups in total. The SMILES string of the molecule is CC(N)C(=O)N(C)C(C)CC#N. The largest absolute Gasteiger partial charge is 0.341 e. The molecule has 0 saturated heterocycles. The third kappa shape index (κ3) is 2.89. The standard InChI is InChI=1S/C8H15N3O/c1-6(4-5-9)11(3)8(12)7(2)10/h6-7H,4,10H2,1-3H3. The number of nitrogens with two attached hydrogens (primary N) is 1. The molecule has 0 aliphatic carbocycles. The van der Waals surface area contributed by atoms with Crippen molar-refractivity contribution in [3.05, 3.63) is 0 Å². The van der Waals surface area contributed by atoms with Crippen molar-refractivity contribution in [2.24, 2.45) is 5.73 Å². The molecule has 2 unspecified atom stereocenters. The molecule has 0 aromatic carbocycles. The lowest BCUT2D eigenvalue weighted by Crippen LogP contribution is -2.43.